The molecule has 0 N–H and O–H groups in total. The van der Waals surface area contributed by atoms with E-state index in [-0.39, 0.29) is 5.92 Å². The largest absolute Gasteiger partial charge is 0.298 e. The third-order valence-corrected chi connectivity index (χ3v) is 3.09. The van der Waals surface area contributed by atoms with Gasteiger partial charge in [0.25, 0.3) is 0 Å². The van der Waals surface area contributed by atoms with Gasteiger partial charge in [-0.1, -0.05) is 32.1 Å². The molecule has 0 aromatic heterocycles. The average Bonchev–Trinajstić information content (AvgIpc) is 2.18. The normalized spacial score (nSPS) is 28.0. The van der Waals surface area contributed by atoms with Crippen LogP contribution >= 0.6 is 0 Å². The lowest BCUT2D eigenvalue weighted by molar-refractivity contribution is -0.123. The van der Waals surface area contributed by atoms with Crippen molar-refractivity contribution >= 4 is 5.78 Å². The summed E-state index contributed by atoms with van der Waals surface area (Å²) in [5, 5.41) is 0. The van der Waals surface area contributed by atoms with Crippen molar-refractivity contribution in [3.63, 3.8) is 0 Å². The second kappa shape index (κ2) is 5.07. The van der Waals surface area contributed by atoms with E-state index in [1.807, 2.05) is 0 Å². The first kappa shape index (κ1) is 10.3. The van der Waals surface area contributed by atoms with Crippen LogP contribution in [0.2, 0.25) is 0 Å². The van der Waals surface area contributed by atoms with Crippen LogP contribution in [0, 0.1) is 24.2 Å². The highest BCUT2D eigenvalue weighted by Gasteiger charge is 2.25. The summed E-state index contributed by atoms with van der Waals surface area (Å²) in [6.07, 6.45) is 11.3. The van der Waals surface area contributed by atoms with Gasteiger partial charge in [-0.2, -0.15) is 0 Å². The molecule has 0 aromatic rings. The minimum Gasteiger partial charge on any atom is -0.298 e. The maximum Gasteiger partial charge on any atom is 0.147 e. The van der Waals surface area contributed by atoms with Crippen molar-refractivity contribution in [3.8, 4) is 12.3 Å². The number of Topliss-reactive ketones (excluding diaryl/α,β-unsaturated/α-hetero) is 1. The summed E-state index contributed by atoms with van der Waals surface area (Å²) in [5.41, 5.74) is 0. The Labute approximate surface area is 80.9 Å². The Kier molecular flexibility index (Phi) is 4.02. The Bertz CT molecular complexity index is 212. The van der Waals surface area contributed by atoms with Gasteiger partial charge >= 0.3 is 0 Å². The first-order valence-electron chi connectivity index (χ1n) is 5.24. The van der Waals surface area contributed by atoms with Gasteiger partial charge in [0.1, 0.15) is 5.78 Å². The van der Waals surface area contributed by atoms with E-state index < -0.39 is 0 Å². The molecule has 72 valence electrons. The van der Waals surface area contributed by atoms with E-state index >= 15 is 0 Å². The van der Waals surface area contributed by atoms with Gasteiger partial charge in [-0.3, -0.25) is 4.79 Å². The summed E-state index contributed by atoms with van der Waals surface area (Å²) in [6.45, 7) is 2.21. The highest BCUT2D eigenvalue weighted by molar-refractivity contribution is 5.83. The van der Waals surface area contributed by atoms with Crippen molar-refractivity contribution in [2.75, 3.05) is 0 Å². The van der Waals surface area contributed by atoms with Crippen LogP contribution in [-0.4, -0.2) is 5.78 Å². The Morgan fingerprint density at radius 2 is 2.31 bits per heavy atom. The zero-order chi connectivity index (χ0) is 9.68. The van der Waals surface area contributed by atoms with Crippen molar-refractivity contribution in [2.24, 2.45) is 11.8 Å². The molecule has 0 saturated heterocycles. The zero-order valence-corrected chi connectivity index (χ0v) is 8.38. The minimum absolute atomic E-state index is 0.273. The molecule has 0 spiro atoms. The lowest BCUT2D eigenvalue weighted by Crippen LogP contribution is -2.22. The lowest BCUT2D eigenvalue weighted by Gasteiger charge is -2.26. The number of hydrogen-bond donors (Lipinski definition) is 0. The van der Waals surface area contributed by atoms with Gasteiger partial charge < -0.3 is 0 Å². The summed E-state index contributed by atoms with van der Waals surface area (Å²) in [4.78, 5) is 11.5. The highest BCUT2D eigenvalue weighted by Crippen LogP contribution is 2.31. The maximum absolute atomic E-state index is 11.5. The first-order valence-corrected chi connectivity index (χ1v) is 5.24. The monoisotopic (exact) mass is 178 g/mol. The van der Waals surface area contributed by atoms with Gasteiger partial charge in [-0.15, -0.1) is 6.42 Å². The van der Waals surface area contributed by atoms with Gasteiger partial charge in [-0.25, -0.2) is 0 Å². The number of hydrogen-bond acceptors (Lipinski definition) is 1. The fourth-order valence-electron chi connectivity index (χ4n) is 2.20. The summed E-state index contributed by atoms with van der Waals surface area (Å²) in [7, 11) is 0. The molecule has 1 aliphatic carbocycles. The molecule has 0 aliphatic heterocycles. The zero-order valence-electron chi connectivity index (χ0n) is 8.38. The Hall–Kier alpha value is -0.770. The van der Waals surface area contributed by atoms with Crippen molar-refractivity contribution < 1.29 is 4.79 Å². The molecule has 13 heavy (non-hydrogen) atoms. The lowest BCUT2D eigenvalue weighted by atomic mass is 9.78. The second-order valence-electron chi connectivity index (χ2n) is 3.99. The molecule has 1 rings (SSSR count). The van der Waals surface area contributed by atoms with Gasteiger partial charge in [0, 0.05) is 5.92 Å². The Morgan fingerprint density at radius 1 is 1.54 bits per heavy atom. The predicted molar refractivity (Wildman–Crippen MR) is 54.2 cm³/mol. The van der Waals surface area contributed by atoms with Crippen LogP contribution < -0.4 is 0 Å². The summed E-state index contributed by atoms with van der Waals surface area (Å²) >= 11 is 0. The van der Waals surface area contributed by atoms with Gasteiger partial charge in [0.05, 0.1) is 6.42 Å². The Morgan fingerprint density at radius 3 is 2.92 bits per heavy atom. The third kappa shape index (κ3) is 2.88. The number of terminal acetylenes is 1. The topological polar surface area (TPSA) is 17.1 Å². The van der Waals surface area contributed by atoms with E-state index in [0.717, 1.165) is 18.8 Å². The molecule has 1 heteroatoms. The quantitative estimate of drug-likeness (QED) is 0.607. The summed E-state index contributed by atoms with van der Waals surface area (Å²) in [6, 6.07) is 0. The van der Waals surface area contributed by atoms with Crippen LogP contribution in [0.25, 0.3) is 0 Å². The van der Waals surface area contributed by atoms with Crippen LogP contribution in [0.15, 0.2) is 0 Å². The highest BCUT2D eigenvalue weighted by atomic mass is 16.1. The predicted octanol–water partition coefficient (Wildman–Crippen LogP) is 2.80. The first-order chi connectivity index (χ1) is 6.27. The third-order valence-electron chi connectivity index (χ3n) is 3.09. The fraction of sp³-hybridized carbons (Fsp3) is 0.750. The van der Waals surface area contributed by atoms with Crippen molar-refractivity contribution in [1.82, 2.24) is 0 Å². The number of ketones is 1. The molecule has 1 fully saturated rings. The van der Waals surface area contributed by atoms with E-state index in [0.29, 0.717) is 12.2 Å². The van der Waals surface area contributed by atoms with Gasteiger partial charge in [0.15, 0.2) is 0 Å². The van der Waals surface area contributed by atoms with E-state index in [1.165, 1.54) is 19.3 Å². The van der Waals surface area contributed by atoms with Gasteiger partial charge in [-0.05, 0) is 18.8 Å². The molecule has 0 bridgehead atoms. The number of carbonyl (C=O) groups excluding carboxylic acids is 1. The summed E-state index contributed by atoms with van der Waals surface area (Å²) < 4.78 is 0. The van der Waals surface area contributed by atoms with Crippen LogP contribution in [0.3, 0.4) is 0 Å². The SMILES string of the molecule is C#CCC(=O)C1CCCC(CC)C1. The number of rotatable bonds is 3. The molecule has 0 heterocycles. The Balaban J connectivity index is 2.42. The average molecular weight is 178 g/mol. The van der Waals surface area contributed by atoms with Gasteiger partial charge in [0.2, 0.25) is 0 Å². The van der Waals surface area contributed by atoms with E-state index in [4.69, 9.17) is 6.42 Å². The van der Waals surface area contributed by atoms with E-state index in [2.05, 4.69) is 12.8 Å². The maximum atomic E-state index is 11.5. The van der Waals surface area contributed by atoms with Crippen molar-refractivity contribution in [2.45, 2.75) is 45.4 Å². The molecular formula is C12H18O. The second-order valence-corrected chi connectivity index (χ2v) is 3.99. The molecule has 0 aromatic carbocycles. The van der Waals surface area contributed by atoms with Crippen LogP contribution in [-0.2, 0) is 4.79 Å². The van der Waals surface area contributed by atoms with Crippen LogP contribution in [0.1, 0.15) is 45.4 Å². The molecule has 2 atom stereocenters. The summed E-state index contributed by atoms with van der Waals surface area (Å²) in [5.74, 6) is 3.78. The molecule has 1 nitrogen and oxygen atoms in total. The van der Waals surface area contributed by atoms with Crippen LogP contribution in [0.4, 0.5) is 0 Å². The minimum atomic E-state index is 0.273. The fourth-order valence-corrected chi connectivity index (χ4v) is 2.20. The van der Waals surface area contributed by atoms with Crippen molar-refractivity contribution in [3.05, 3.63) is 0 Å². The van der Waals surface area contributed by atoms with Crippen molar-refractivity contribution in [1.29, 1.82) is 0 Å². The van der Waals surface area contributed by atoms with E-state index in [1.54, 1.807) is 0 Å². The smallest absolute Gasteiger partial charge is 0.147 e. The molecule has 0 radical (unpaired) electrons. The van der Waals surface area contributed by atoms with Crippen LogP contribution in [0.5, 0.6) is 0 Å². The van der Waals surface area contributed by atoms with E-state index in [9.17, 15) is 4.79 Å². The molecular weight excluding hydrogens is 160 g/mol. The molecule has 1 aliphatic rings. The standard InChI is InChI=1S/C12H18O/c1-3-6-12(13)11-8-5-7-10(4-2)9-11/h1,10-11H,4-9H2,2H3. The molecule has 2 unspecified atom stereocenters. The number of carbonyl (C=O) groups is 1. The molecule has 1 saturated carbocycles. The molecule has 0 amide bonds.